The number of morpholine rings is 1. The zero-order valence-corrected chi connectivity index (χ0v) is 13.1. The number of aliphatic carboxylic acids is 1. The van der Waals surface area contributed by atoms with Gasteiger partial charge in [-0.2, -0.15) is 0 Å². The van der Waals surface area contributed by atoms with E-state index in [2.05, 4.69) is 4.90 Å². The molecule has 0 aromatic heterocycles. The quantitative estimate of drug-likeness (QED) is 0.884. The highest BCUT2D eigenvalue weighted by molar-refractivity contribution is 5.85. The lowest BCUT2D eigenvalue weighted by atomic mass is 9.94. The molecule has 0 spiro atoms. The Balaban J connectivity index is 1.68. The molecule has 1 aromatic carbocycles. The van der Waals surface area contributed by atoms with E-state index in [9.17, 15) is 14.7 Å². The number of nitrogens with zero attached hydrogens (tertiary/aromatic N) is 2. The van der Waals surface area contributed by atoms with E-state index in [1.165, 1.54) is 0 Å². The monoisotopic (exact) mass is 318 g/mol. The van der Waals surface area contributed by atoms with Crippen molar-refractivity contribution in [3.63, 3.8) is 0 Å². The SMILES string of the molecule is O=C(O)[C@@H]1CN(Cc2ccccc2)C[C@@H]1C(=O)N1CCOCC1. The zero-order valence-electron chi connectivity index (χ0n) is 13.1. The summed E-state index contributed by atoms with van der Waals surface area (Å²) in [6.45, 7) is 3.78. The third-order valence-electron chi connectivity index (χ3n) is 4.60. The average molecular weight is 318 g/mol. The number of benzene rings is 1. The number of carbonyl (C=O) groups excluding carboxylic acids is 1. The molecule has 1 amide bonds. The average Bonchev–Trinajstić information content (AvgIpc) is 3.00. The Bertz CT molecular complexity index is 557. The number of hydrogen-bond donors (Lipinski definition) is 1. The summed E-state index contributed by atoms with van der Waals surface area (Å²) in [6, 6.07) is 9.94. The first-order valence-corrected chi connectivity index (χ1v) is 8.01. The molecule has 0 bridgehead atoms. The molecule has 2 aliphatic rings. The van der Waals surface area contributed by atoms with E-state index in [1.54, 1.807) is 4.90 Å². The standard InChI is InChI=1S/C17H22N2O4/c20-16(19-6-8-23-9-7-19)14-11-18(12-15(14)17(21)22)10-13-4-2-1-3-5-13/h1-5,14-15H,6-12H2,(H,21,22)/t14-,15+/m0/s1. The number of carboxylic acids is 1. The van der Waals surface area contributed by atoms with Gasteiger partial charge in [-0.05, 0) is 5.56 Å². The lowest BCUT2D eigenvalue weighted by Gasteiger charge is -2.30. The molecule has 0 radical (unpaired) electrons. The van der Waals surface area contributed by atoms with E-state index in [0.29, 0.717) is 45.9 Å². The highest BCUT2D eigenvalue weighted by Crippen LogP contribution is 2.27. The fourth-order valence-corrected chi connectivity index (χ4v) is 3.37. The molecule has 1 aromatic rings. The van der Waals surface area contributed by atoms with Gasteiger partial charge < -0.3 is 14.7 Å². The molecule has 2 fully saturated rings. The first-order chi connectivity index (χ1) is 11.1. The van der Waals surface area contributed by atoms with Crippen molar-refractivity contribution >= 4 is 11.9 Å². The van der Waals surface area contributed by atoms with Crippen LogP contribution >= 0.6 is 0 Å². The van der Waals surface area contributed by atoms with Crippen LogP contribution in [0, 0.1) is 11.8 Å². The number of likely N-dealkylation sites (tertiary alicyclic amines) is 1. The predicted octanol–water partition coefficient (Wildman–Crippen LogP) is 0.678. The predicted molar refractivity (Wildman–Crippen MR) is 83.7 cm³/mol. The van der Waals surface area contributed by atoms with E-state index < -0.39 is 17.8 Å². The van der Waals surface area contributed by atoms with Crippen LogP contribution in [0.5, 0.6) is 0 Å². The van der Waals surface area contributed by atoms with Gasteiger partial charge in [0.15, 0.2) is 0 Å². The molecule has 6 heteroatoms. The second kappa shape index (κ2) is 7.10. The fourth-order valence-electron chi connectivity index (χ4n) is 3.37. The van der Waals surface area contributed by atoms with Crippen molar-refractivity contribution in [3.05, 3.63) is 35.9 Å². The van der Waals surface area contributed by atoms with Crippen LogP contribution in [-0.2, 0) is 20.9 Å². The van der Waals surface area contributed by atoms with Crippen molar-refractivity contribution in [2.24, 2.45) is 11.8 Å². The number of ether oxygens (including phenoxy) is 1. The van der Waals surface area contributed by atoms with Gasteiger partial charge in [0, 0.05) is 32.7 Å². The molecule has 0 saturated carbocycles. The smallest absolute Gasteiger partial charge is 0.308 e. The van der Waals surface area contributed by atoms with Gasteiger partial charge in [-0.3, -0.25) is 14.5 Å². The third-order valence-corrected chi connectivity index (χ3v) is 4.60. The third kappa shape index (κ3) is 3.71. The van der Waals surface area contributed by atoms with E-state index in [1.807, 2.05) is 30.3 Å². The van der Waals surface area contributed by atoms with Crippen molar-refractivity contribution in [2.75, 3.05) is 39.4 Å². The Hall–Kier alpha value is -1.92. The molecule has 1 N–H and O–H groups in total. The molecule has 0 unspecified atom stereocenters. The normalized spacial score (nSPS) is 25.5. The minimum Gasteiger partial charge on any atom is -0.481 e. The van der Waals surface area contributed by atoms with Crippen LogP contribution in [-0.4, -0.2) is 66.2 Å². The van der Waals surface area contributed by atoms with Crippen molar-refractivity contribution in [1.82, 2.24) is 9.80 Å². The van der Waals surface area contributed by atoms with Gasteiger partial charge in [-0.1, -0.05) is 30.3 Å². The lowest BCUT2D eigenvalue weighted by molar-refractivity contribution is -0.149. The van der Waals surface area contributed by atoms with Crippen molar-refractivity contribution in [1.29, 1.82) is 0 Å². The van der Waals surface area contributed by atoms with E-state index in [0.717, 1.165) is 5.56 Å². The second-order valence-corrected chi connectivity index (χ2v) is 6.17. The second-order valence-electron chi connectivity index (χ2n) is 6.17. The molecule has 2 aliphatic heterocycles. The highest BCUT2D eigenvalue weighted by Gasteiger charge is 2.43. The molecule has 2 atom stereocenters. The summed E-state index contributed by atoms with van der Waals surface area (Å²) in [5, 5.41) is 9.49. The molecular formula is C17H22N2O4. The number of rotatable bonds is 4. The maximum absolute atomic E-state index is 12.7. The first-order valence-electron chi connectivity index (χ1n) is 8.01. The maximum atomic E-state index is 12.7. The molecule has 2 heterocycles. The molecule has 0 aliphatic carbocycles. The summed E-state index contributed by atoms with van der Waals surface area (Å²) in [7, 11) is 0. The van der Waals surface area contributed by atoms with Gasteiger partial charge in [0.05, 0.1) is 25.0 Å². The Morgan fingerprint density at radius 1 is 1.09 bits per heavy atom. The van der Waals surface area contributed by atoms with Crippen LogP contribution in [0.15, 0.2) is 30.3 Å². The van der Waals surface area contributed by atoms with E-state index in [-0.39, 0.29) is 5.91 Å². The molecule has 2 saturated heterocycles. The lowest BCUT2D eigenvalue weighted by Crippen LogP contribution is -2.46. The van der Waals surface area contributed by atoms with Crippen LogP contribution in [0.1, 0.15) is 5.56 Å². The van der Waals surface area contributed by atoms with Crippen molar-refractivity contribution in [2.45, 2.75) is 6.54 Å². The van der Waals surface area contributed by atoms with Crippen LogP contribution < -0.4 is 0 Å². The summed E-state index contributed by atoms with van der Waals surface area (Å²) in [5.41, 5.74) is 1.14. The Morgan fingerprint density at radius 2 is 1.74 bits per heavy atom. The van der Waals surface area contributed by atoms with Crippen LogP contribution in [0.3, 0.4) is 0 Å². The number of carbonyl (C=O) groups is 2. The van der Waals surface area contributed by atoms with Gasteiger partial charge >= 0.3 is 5.97 Å². The topological polar surface area (TPSA) is 70.1 Å². The summed E-state index contributed by atoms with van der Waals surface area (Å²) in [6.07, 6.45) is 0. The maximum Gasteiger partial charge on any atom is 0.308 e. The zero-order chi connectivity index (χ0) is 16.2. The minimum atomic E-state index is -0.882. The Kier molecular flexibility index (Phi) is 4.93. The Morgan fingerprint density at radius 3 is 2.39 bits per heavy atom. The molecular weight excluding hydrogens is 296 g/mol. The van der Waals surface area contributed by atoms with E-state index >= 15 is 0 Å². The molecule has 23 heavy (non-hydrogen) atoms. The summed E-state index contributed by atoms with van der Waals surface area (Å²) < 4.78 is 5.27. The van der Waals surface area contributed by atoms with Gasteiger partial charge in [0.25, 0.3) is 0 Å². The van der Waals surface area contributed by atoms with Crippen molar-refractivity contribution in [3.8, 4) is 0 Å². The summed E-state index contributed by atoms with van der Waals surface area (Å²) >= 11 is 0. The number of amides is 1. The highest BCUT2D eigenvalue weighted by atomic mass is 16.5. The van der Waals surface area contributed by atoms with Crippen molar-refractivity contribution < 1.29 is 19.4 Å². The van der Waals surface area contributed by atoms with Gasteiger partial charge in [0.1, 0.15) is 0 Å². The van der Waals surface area contributed by atoms with Crippen LogP contribution in [0.2, 0.25) is 0 Å². The van der Waals surface area contributed by atoms with Gasteiger partial charge in [-0.15, -0.1) is 0 Å². The molecule has 6 nitrogen and oxygen atoms in total. The van der Waals surface area contributed by atoms with E-state index in [4.69, 9.17) is 4.74 Å². The summed E-state index contributed by atoms with van der Waals surface area (Å²) in [4.78, 5) is 28.1. The van der Waals surface area contributed by atoms with Crippen LogP contribution in [0.25, 0.3) is 0 Å². The first kappa shape index (κ1) is 16.0. The summed E-state index contributed by atoms with van der Waals surface area (Å²) in [5.74, 6) is -2.02. The molecule has 3 rings (SSSR count). The largest absolute Gasteiger partial charge is 0.481 e. The van der Waals surface area contributed by atoms with Crippen LogP contribution in [0.4, 0.5) is 0 Å². The minimum absolute atomic E-state index is 0.0451. The molecule has 124 valence electrons. The van der Waals surface area contributed by atoms with Gasteiger partial charge in [-0.25, -0.2) is 0 Å². The number of hydrogen-bond acceptors (Lipinski definition) is 4. The fraction of sp³-hybridized carbons (Fsp3) is 0.529. The number of carboxylic acid groups (broad SMARTS) is 1. The Labute approximate surface area is 135 Å². The van der Waals surface area contributed by atoms with Gasteiger partial charge in [0.2, 0.25) is 5.91 Å².